The van der Waals surface area contributed by atoms with Crippen molar-refractivity contribution < 1.29 is 33.0 Å². The Morgan fingerprint density at radius 2 is 1.91 bits per heavy atom. The number of para-hydroxylation sites is 1. The molecule has 2 aromatic rings. The van der Waals surface area contributed by atoms with Crippen LogP contribution in [0.25, 0.3) is 0 Å². The van der Waals surface area contributed by atoms with Crippen LogP contribution in [-0.4, -0.2) is 53.9 Å². The lowest BCUT2D eigenvalue weighted by Crippen LogP contribution is -2.49. The van der Waals surface area contributed by atoms with E-state index in [4.69, 9.17) is 9.84 Å². The van der Waals surface area contributed by atoms with Gasteiger partial charge in [-0.25, -0.2) is 8.78 Å². The lowest BCUT2D eigenvalue weighted by Gasteiger charge is -2.34. The molecule has 1 aliphatic rings. The zero-order valence-electron chi connectivity index (χ0n) is 18.4. The zero-order chi connectivity index (χ0) is 24.1. The van der Waals surface area contributed by atoms with Crippen LogP contribution in [0.4, 0.5) is 8.78 Å². The Hall–Kier alpha value is -3.33. The first-order chi connectivity index (χ1) is 15.7. The third-order valence-electron chi connectivity index (χ3n) is 5.65. The summed E-state index contributed by atoms with van der Waals surface area (Å²) in [5.41, 5.74) is 2.94. The van der Waals surface area contributed by atoms with E-state index in [0.29, 0.717) is 6.54 Å². The number of ether oxygens (including phenoxy) is 1. The highest BCUT2D eigenvalue weighted by molar-refractivity contribution is 5.92. The van der Waals surface area contributed by atoms with Crippen molar-refractivity contribution >= 4 is 17.7 Å². The fraction of sp³-hybridized carbons (Fsp3) is 0.375. The maximum atomic E-state index is 13.8. The van der Waals surface area contributed by atoms with Gasteiger partial charge in [-0.15, -0.1) is 0 Å². The van der Waals surface area contributed by atoms with Gasteiger partial charge in [0.2, 0.25) is 5.91 Å². The molecule has 0 saturated carbocycles. The average Bonchev–Trinajstić information content (AvgIpc) is 2.75. The highest BCUT2D eigenvalue weighted by atomic mass is 19.1. The van der Waals surface area contributed by atoms with Gasteiger partial charge in [-0.05, 0) is 50.1 Å². The molecule has 176 valence electrons. The van der Waals surface area contributed by atoms with Gasteiger partial charge in [0.25, 0.3) is 0 Å². The van der Waals surface area contributed by atoms with Crippen LogP contribution in [-0.2, 0) is 20.8 Å². The van der Waals surface area contributed by atoms with Crippen LogP contribution in [0.15, 0.2) is 36.4 Å². The summed E-state index contributed by atoms with van der Waals surface area (Å²) < 4.78 is 32.6. The fourth-order valence-electron chi connectivity index (χ4n) is 3.92. The molecule has 1 aliphatic heterocycles. The van der Waals surface area contributed by atoms with E-state index >= 15 is 0 Å². The number of carboxylic acids is 1. The summed E-state index contributed by atoms with van der Waals surface area (Å²) in [6.45, 7) is 1.88. The Balaban J connectivity index is 1.76. The summed E-state index contributed by atoms with van der Waals surface area (Å²) >= 11 is 0. The van der Waals surface area contributed by atoms with E-state index in [9.17, 15) is 23.2 Å². The standard InChI is InChI=1S/C24H26F2N2O5/c1-14-6-7-16-15(12-14)10-11-28(2)22(16)24(32)27-19(8-9-21(30)31)20(29)13-33-23-17(25)4-3-5-18(23)26/h3-7,12,19,22H,8-11,13H2,1-2H3,(H,27,32)(H,30,31)/t19-,22-/m0/s1. The van der Waals surface area contributed by atoms with Crippen molar-refractivity contribution in [2.45, 2.75) is 38.3 Å². The minimum absolute atomic E-state index is 0.180. The number of carboxylic acid groups (broad SMARTS) is 1. The highest BCUT2D eigenvalue weighted by Gasteiger charge is 2.33. The Morgan fingerprint density at radius 3 is 2.58 bits per heavy atom. The van der Waals surface area contributed by atoms with Crippen LogP contribution in [0.3, 0.4) is 0 Å². The van der Waals surface area contributed by atoms with Gasteiger partial charge in [0.05, 0.1) is 6.04 Å². The minimum Gasteiger partial charge on any atom is -0.481 e. The van der Waals surface area contributed by atoms with E-state index in [1.165, 1.54) is 0 Å². The largest absolute Gasteiger partial charge is 0.481 e. The van der Waals surface area contributed by atoms with Gasteiger partial charge < -0.3 is 15.2 Å². The molecule has 1 heterocycles. The first kappa shape index (κ1) is 24.3. The SMILES string of the molecule is Cc1ccc2c(c1)CCN(C)[C@@H]2C(=O)N[C@@H](CCC(=O)O)C(=O)COc1c(F)cccc1F. The molecule has 1 amide bonds. The summed E-state index contributed by atoms with van der Waals surface area (Å²) in [4.78, 5) is 38.9. The number of nitrogens with one attached hydrogen (secondary N) is 1. The molecule has 0 spiro atoms. The van der Waals surface area contributed by atoms with Gasteiger partial charge in [-0.1, -0.05) is 29.8 Å². The third-order valence-corrected chi connectivity index (χ3v) is 5.65. The number of fused-ring (bicyclic) bond motifs is 1. The summed E-state index contributed by atoms with van der Waals surface area (Å²) in [6, 6.07) is 7.11. The molecule has 0 saturated heterocycles. The van der Waals surface area contributed by atoms with Crippen molar-refractivity contribution in [2.24, 2.45) is 0 Å². The van der Waals surface area contributed by atoms with Crippen molar-refractivity contribution in [3.8, 4) is 5.75 Å². The quantitative estimate of drug-likeness (QED) is 0.598. The number of hydrogen-bond acceptors (Lipinski definition) is 5. The Morgan fingerprint density at radius 1 is 1.21 bits per heavy atom. The molecule has 0 unspecified atom stereocenters. The number of hydrogen-bond donors (Lipinski definition) is 2. The van der Waals surface area contributed by atoms with Gasteiger partial charge in [0.15, 0.2) is 23.2 Å². The molecular weight excluding hydrogens is 434 g/mol. The van der Waals surface area contributed by atoms with Crippen molar-refractivity contribution in [1.82, 2.24) is 10.2 Å². The number of amides is 1. The second kappa shape index (κ2) is 10.5. The van der Waals surface area contributed by atoms with Gasteiger partial charge in [-0.3, -0.25) is 19.3 Å². The van der Waals surface area contributed by atoms with Crippen molar-refractivity contribution in [2.75, 3.05) is 20.2 Å². The van der Waals surface area contributed by atoms with Gasteiger partial charge in [-0.2, -0.15) is 0 Å². The molecule has 2 atom stereocenters. The molecule has 33 heavy (non-hydrogen) atoms. The van der Waals surface area contributed by atoms with E-state index in [1.54, 1.807) is 7.05 Å². The fourth-order valence-corrected chi connectivity index (χ4v) is 3.92. The Kier molecular flexibility index (Phi) is 7.75. The molecule has 0 radical (unpaired) electrons. The predicted octanol–water partition coefficient (Wildman–Crippen LogP) is 2.80. The highest BCUT2D eigenvalue weighted by Crippen LogP contribution is 2.30. The predicted molar refractivity (Wildman–Crippen MR) is 116 cm³/mol. The molecule has 0 aliphatic carbocycles. The smallest absolute Gasteiger partial charge is 0.303 e. The monoisotopic (exact) mass is 460 g/mol. The summed E-state index contributed by atoms with van der Waals surface area (Å²) in [5, 5.41) is 11.7. The minimum atomic E-state index is -1.19. The lowest BCUT2D eigenvalue weighted by atomic mass is 9.90. The number of ketones is 1. The van der Waals surface area contributed by atoms with E-state index < -0.39 is 53.7 Å². The molecule has 0 bridgehead atoms. The number of Topliss-reactive ketones (excluding diaryl/α,β-unsaturated/α-hetero) is 1. The maximum Gasteiger partial charge on any atom is 0.303 e. The van der Waals surface area contributed by atoms with E-state index in [2.05, 4.69) is 5.32 Å². The van der Waals surface area contributed by atoms with Crippen LogP contribution in [0.1, 0.15) is 35.6 Å². The maximum absolute atomic E-state index is 13.8. The summed E-state index contributed by atoms with van der Waals surface area (Å²) in [6.07, 6.45) is 0.224. The molecule has 7 nitrogen and oxygen atoms in total. The lowest BCUT2D eigenvalue weighted by molar-refractivity contribution is -0.138. The molecule has 9 heteroatoms. The first-order valence-corrected chi connectivity index (χ1v) is 10.6. The zero-order valence-corrected chi connectivity index (χ0v) is 18.4. The average molecular weight is 460 g/mol. The summed E-state index contributed by atoms with van der Waals surface area (Å²) in [7, 11) is 1.80. The number of halogens is 2. The second-order valence-corrected chi connectivity index (χ2v) is 8.13. The third kappa shape index (κ3) is 5.92. The molecular formula is C24H26F2N2O5. The van der Waals surface area contributed by atoms with Gasteiger partial charge in [0.1, 0.15) is 12.6 Å². The molecule has 0 fully saturated rings. The number of rotatable bonds is 9. The number of aryl methyl sites for hydroxylation is 1. The van der Waals surface area contributed by atoms with Crippen LogP contribution < -0.4 is 10.1 Å². The second-order valence-electron chi connectivity index (χ2n) is 8.13. The van der Waals surface area contributed by atoms with Crippen LogP contribution >= 0.6 is 0 Å². The topological polar surface area (TPSA) is 95.9 Å². The van der Waals surface area contributed by atoms with E-state index in [0.717, 1.165) is 41.3 Å². The molecule has 2 aromatic carbocycles. The number of likely N-dealkylation sites (N-methyl/N-ethyl adjacent to an activating group) is 1. The normalized spacial score (nSPS) is 16.5. The first-order valence-electron chi connectivity index (χ1n) is 10.6. The van der Waals surface area contributed by atoms with E-state index in [1.807, 2.05) is 30.0 Å². The van der Waals surface area contributed by atoms with Gasteiger partial charge >= 0.3 is 5.97 Å². The van der Waals surface area contributed by atoms with Crippen LogP contribution in [0.2, 0.25) is 0 Å². The van der Waals surface area contributed by atoms with Crippen molar-refractivity contribution in [3.05, 3.63) is 64.7 Å². The molecule has 0 aromatic heterocycles. The van der Waals surface area contributed by atoms with E-state index in [-0.39, 0.29) is 12.8 Å². The number of nitrogens with zero attached hydrogens (tertiary/aromatic N) is 1. The van der Waals surface area contributed by atoms with Gasteiger partial charge in [0, 0.05) is 13.0 Å². The Bertz CT molecular complexity index is 1040. The molecule has 3 rings (SSSR count). The number of carbonyl (C=O) groups is 3. The number of aliphatic carboxylic acids is 1. The van der Waals surface area contributed by atoms with Crippen molar-refractivity contribution in [1.29, 1.82) is 0 Å². The Labute approximate surface area is 190 Å². The van der Waals surface area contributed by atoms with Crippen LogP contribution in [0, 0.1) is 18.6 Å². The summed E-state index contributed by atoms with van der Waals surface area (Å²) in [5.74, 6) is -4.92. The van der Waals surface area contributed by atoms with Crippen molar-refractivity contribution in [3.63, 3.8) is 0 Å². The number of benzene rings is 2. The number of carbonyl (C=O) groups excluding carboxylic acids is 2. The van der Waals surface area contributed by atoms with Crippen LogP contribution in [0.5, 0.6) is 5.75 Å². The molecule has 2 N–H and O–H groups in total.